The average Bonchev–Trinajstić information content (AvgIpc) is 2.05. The van der Waals surface area contributed by atoms with Crippen molar-refractivity contribution < 1.29 is 39.5 Å². The van der Waals surface area contributed by atoms with E-state index >= 15 is 0 Å². The van der Waals surface area contributed by atoms with Crippen LogP contribution >= 0.6 is 0 Å². The van der Waals surface area contributed by atoms with Crippen LogP contribution in [0.2, 0.25) is 0 Å². The summed E-state index contributed by atoms with van der Waals surface area (Å²) in [4.78, 5) is 10.3. The molecule has 0 atom stereocenters. The van der Waals surface area contributed by atoms with Crippen molar-refractivity contribution >= 4 is 11.5 Å². The van der Waals surface area contributed by atoms with Crippen LogP contribution in [0.5, 0.6) is 0 Å². The van der Waals surface area contributed by atoms with E-state index in [0.29, 0.717) is 5.56 Å². The summed E-state index contributed by atoms with van der Waals surface area (Å²) in [5, 5.41) is 10.3. The van der Waals surface area contributed by atoms with Gasteiger partial charge in [0.2, 0.25) is 0 Å². The van der Waals surface area contributed by atoms with Crippen LogP contribution in [0.3, 0.4) is 0 Å². The van der Waals surface area contributed by atoms with Crippen LogP contribution in [0.4, 0.5) is 0 Å². The van der Waals surface area contributed by atoms with Gasteiger partial charge in [0.25, 0.3) is 0 Å². The summed E-state index contributed by atoms with van der Waals surface area (Å²) in [6.45, 7) is 3.36. The minimum atomic E-state index is -1.23. The third-order valence-corrected chi connectivity index (χ3v) is 1.37. The molecule has 0 saturated heterocycles. The molecule has 0 saturated carbocycles. The molecule has 0 radical (unpaired) electrons. The van der Waals surface area contributed by atoms with Crippen LogP contribution in [0, 0.1) is 0 Å². The van der Waals surface area contributed by atoms with Gasteiger partial charge >= 0.3 is 29.6 Å². The number of aliphatic carboxylic acids is 1. The second kappa shape index (κ2) is 5.14. The van der Waals surface area contributed by atoms with Gasteiger partial charge in [-0.25, -0.2) is 0 Å². The Bertz CT molecular complexity index is 280. The van der Waals surface area contributed by atoms with Gasteiger partial charge in [0, 0.05) is 0 Å². The van der Waals surface area contributed by atoms with Crippen molar-refractivity contribution in [3.63, 3.8) is 0 Å². The molecule has 0 unspecified atom stereocenters. The number of hydrogen-bond acceptors (Lipinski definition) is 2. The van der Waals surface area contributed by atoms with Crippen LogP contribution in [-0.4, -0.2) is 5.97 Å². The van der Waals surface area contributed by atoms with Gasteiger partial charge in [-0.1, -0.05) is 36.9 Å². The van der Waals surface area contributed by atoms with Crippen molar-refractivity contribution in [1.82, 2.24) is 0 Å². The Morgan fingerprint density at radius 2 is 1.75 bits per heavy atom. The molecule has 12 heavy (non-hydrogen) atoms. The molecule has 0 amide bonds. The number of benzene rings is 1. The van der Waals surface area contributed by atoms with Gasteiger partial charge in [-0.2, -0.15) is 0 Å². The van der Waals surface area contributed by atoms with E-state index in [-0.39, 0.29) is 35.1 Å². The van der Waals surface area contributed by atoms with Gasteiger partial charge in [-0.3, -0.25) is 0 Å². The Morgan fingerprint density at radius 3 is 2.17 bits per heavy atom. The molecule has 1 rings (SSSR count). The quantitative estimate of drug-likeness (QED) is 0.362. The molecule has 0 fully saturated rings. The smallest absolute Gasteiger partial charge is 0.545 e. The molecule has 0 heterocycles. The molecule has 1 aromatic rings. The number of hydrogen-bond donors (Lipinski definition) is 0. The molecular weight excluding hydrogens is 163 g/mol. The zero-order chi connectivity index (χ0) is 8.27. The van der Waals surface area contributed by atoms with Crippen LogP contribution in [0.1, 0.15) is 5.56 Å². The van der Waals surface area contributed by atoms with Crippen molar-refractivity contribution in [3.05, 3.63) is 42.5 Å². The van der Waals surface area contributed by atoms with Crippen molar-refractivity contribution in [3.8, 4) is 0 Å². The standard InChI is InChI=1S/C9H8O2.Na/c1-7(9(10)11)8-5-3-2-4-6-8;/h2-6H,1H2,(H,10,11);/q;+1/p-1. The van der Waals surface area contributed by atoms with Gasteiger partial charge < -0.3 is 9.90 Å². The predicted octanol–water partition coefficient (Wildman–Crippen LogP) is -2.55. The number of carboxylic acids is 1. The summed E-state index contributed by atoms with van der Waals surface area (Å²) in [6, 6.07) is 8.68. The first-order chi connectivity index (χ1) is 5.22. The topological polar surface area (TPSA) is 40.1 Å². The van der Waals surface area contributed by atoms with E-state index in [1.54, 1.807) is 24.3 Å². The maximum atomic E-state index is 10.3. The second-order valence-corrected chi connectivity index (χ2v) is 2.13. The fourth-order valence-electron chi connectivity index (χ4n) is 0.757. The molecule has 3 heteroatoms. The third kappa shape index (κ3) is 2.81. The number of rotatable bonds is 2. The summed E-state index contributed by atoms with van der Waals surface area (Å²) in [6.07, 6.45) is 0. The first-order valence-electron chi connectivity index (χ1n) is 3.17. The molecule has 0 aliphatic rings. The van der Waals surface area contributed by atoms with Crippen LogP contribution < -0.4 is 34.7 Å². The maximum absolute atomic E-state index is 10.3. The fourth-order valence-corrected chi connectivity index (χ4v) is 0.757. The Hall–Kier alpha value is -0.570. The van der Waals surface area contributed by atoms with Gasteiger partial charge in [-0.15, -0.1) is 0 Å². The Balaban J connectivity index is 0.00000121. The monoisotopic (exact) mass is 170 g/mol. The van der Waals surface area contributed by atoms with E-state index in [0.717, 1.165) is 0 Å². The first-order valence-corrected chi connectivity index (χ1v) is 3.17. The minimum absolute atomic E-state index is 0. The van der Waals surface area contributed by atoms with Crippen LogP contribution in [0.15, 0.2) is 36.9 Å². The minimum Gasteiger partial charge on any atom is -0.545 e. The Labute approximate surface area is 93.2 Å². The molecule has 0 bridgehead atoms. The van der Waals surface area contributed by atoms with E-state index in [1.807, 2.05) is 6.07 Å². The van der Waals surface area contributed by atoms with Gasteiger partial charge in [0.05, 0.1) is 5.97 Å². The second-order valence-electron chi connectivity index (χ2n) is 2.13. The predicted molar refractivity (Wildman–Crippen MR) is 40.5 cm³/mol. The van der Waals surface area contributed by atoms with Gasteiger partial charge in [0.15, 0.2) is 0 Å². The molecule has 56 valence electrons. The average molecular weight is 170 g/mol. The van der Waals surface area contributed by atoms with Crippen molar-refractivity contribution in [2.24, 2.45) is 0 Å². The Kier molecular flexibility index (Phi) is 4.90. The normalized spacial score (nSPS) is 8.33. The molecule has 0 aliphatic carbocycles. The zero-order valence-electron chi connectivity index (χ0n) is 6.91. The largest absolute Gasteiger partial charge is 1.00 e. The van der Waals surface area contributed by atoms with E-state index in [4.69, 9.17) is 0 Å². The molecule has 1 aromatic carbocycles. The number of carbonyl (C=O) groups is 1. The molecule has 0 aromatic heterocycles. The van der Waals surface area contributed by atoms with E-state index < -0.39 is 5.97 Å². The Morgan fingerprint density at radius 1 is 1.25 bits per heavy atom. The third-order valence-electron chi connectivity index (χ3n) is 1.37. The summed E-state index contributed by atoms with van der Waals surface area (Å²) in [7, 11) is 0. The first kappa shape index (κ1) is 11.4. The summed E-state index contributed by atoms with van der Waals surface area (Å²) >= 11 is 0. The zero-order valence-corrected chi connectivity index (χ0v) is 8.91. The molecule has 2 nitrogen and oxygen atoms in total. The van der Waals surface area contributed by atoms with E-state index in [1.165, 1.54) is 0 Å². The summed E-state index contributed by atoms with van der Waals surface area (Å²) < 4.78 is 0. The number of carbonyl (C=O) groups excluding carboxylic acids is 1. The molecule has 0 aliphatic heterocycles. The molecule has 0 spiro atoms. The summed E-state index contributed by atoms with van der Waals surface area (Å²) in [5.41, 5.74) is 0.609. The van der Waals surface area contributed by atoms with E-state index in [2.05, 4.69) is 6.58 Å². The maximum Gasteiger partial charge on any atom is 1.00 e. The van der Waals surface area contributed by atoms with Gasteiger partial charge in [-0.05, 0) is 11.1 Å². The molecular formula is C9H7NaO2. The fraction of sp³-hybridized carbons (Fsp3) is 0. The SMILES string of the molecule is C=C(C(=O)[O-])c1ccccc1.[Na+]. The van der Waals surface area contributed by atoms with Crippen molar-refractivity contribution in [1.29, 1.82) is 0 Å². The van der Waals surface area contributed by atoms with Crippen molar-refractivity contribution in [2.75, 3.05) is 0 Å². The van der Waals surface area contributed by atoms with Crippen LogP contribution in [0.25, 0.3) is 5.57 Å². The van der Waals surface area contributed by atoms with E-state index in [9.17, 15) is 9.90 Å². The van der Waals surface area contributed by atoms with Crippen LogP contribution in [-0.2, 0) is 4.79 Å². The van der Waals surface area contributed by atoms with Crippen molar-refractivity contribution in [2.45, 2.75) is 0 Å². The van der Waals surface area contributed by atoms with Gasteiger partial charge in [0.1, 0.15) is 0 Å². The number of carboxylic acid groups (broad SMARTS) is 1. The molecule has 0 N–H and O–H groups in total. The summed E-state index contributed by atoms with van der Waals surface area (Å²) in [5.74, 6) is -1.23.